The Morgan fingerprint density at radius 3 is 1.66 bits per heavy atom. The zero-order valence-electron chi connectivity index (χ0n) is 18.4. The Morgan fingerprint density at radius 2 is 1.17 bits per heavy atom. The Kier molecular flexibility index (Phi) is 13.6. The smallest absolute Gasteiger partial charge is 0.322 e. The molecule has 17 heteroatoms. The van der Waals surface area contributed by atoms with Crippen molar-refractivity contribution in [3.8, 4) is 0 Å². The molecule has 35 heavy (non-hydrogen) atoms. The van der Waals surface area contributed by atoms with Gasteiger partial charge in [-0.15, -0.1) is 0 Å². The van der Waals surface area contributed by atoms with E-state index in [4.69, 9.17) is 26.8 Å². The molecule has 0 fully saturated rings. The molecule has 0 heterocycles. The van der Waals surface area contributed by atoms with Crippen LogP contribution in [0.1, 0.15) is 32.1 Å². The number of hydrogen-bond donors (Lipinski definition) is 9. The van der Waals surface area contributed by atoms with E-state index < -0.39 is 97.9 Å². The van der Waals surface area contributed by atoms with Gasteiger partial charge in [-0.3, -0.25) is 38.4 Å². The van der Waals surface area contributed by atoms with Crippen molar-refractivity contribution in [2.75, 3.05) is 13.1 Å². The third-order valence-corrected chi connectivity index (χ3v) is 4.22. The highest BCUT2D eigenvalue weighted by Gasteiger charge is 2.31. The van der Waals surface area contributed by atoms with E-state index in [-0.39, 0.29) is 12.8 Å². The number of hydrogen-bond acceptors (Lipinski definition) is 9. The van der Waals surface area contributed by atoms with Crippen molar-refractivity contribution in [1.29, 1.82) is 0 Å². The molecular weight excluding hydrogens is 476 g/mol. The molecule has 0 aliphatic carbocycles. The summed E-state index contributed by atoms with van der Waals surface area (Å²) in [7, 11) is 0. The number of rotatable bonds is 17. The number of carboxylic acid groups (broad SMARTS) is 3. The van der Waals surface area contributed by atoms with Gasteiger partial charge < -0.3 is 48.1 Å². The molecule has 5 amide bonds. The summed E-state index contributed by atoms with van der Waals surface area (Å²) in [4.78, 5) is 92.8. The van der Waals surface area contributed by atoms with E-state index in [1.54, 1.807) is 0 Å². The quantitative estimate of drug-likeness (QED) is 0.0901. The van der Waals surface area contributed by atoms with E-state index in [0.29, 0.717) is 0 Å². The second-order valence-corrected chi connectivity index (χ2v) is 7.09. The summed E-state index contributed by atoms with van der Waals surface area (Å²) < 4.78 is 0. The summed E-state index contributed by atoms with van der Waals surface area (Å²) in [5, 5.41) is 34.9. The Bertz CT molecular complexity index is 847. The molecule has 0 aromatic rings. The second-order valence-electron chi connectivity index (χ2n) is 7.09. The second kappa shape index (κ2) is 15.5. The molecule has 0 unspecified atom stereocenters. The maximum atomic E-state index is 12.7. The first kappa shape index (κ1) is 30.7. The third kappa shape index (κ3) is 13.8. The van der Waals surface area contributed by atoms with Gasteiger partial charge in [-0.05, 0) is 12.8 Å². The molecule has 0 radical (unpaired) electrons. The van der Waals surface area contributed by atoms with E-state index in [2.05, 4.69) is 16.0 Å². The predicted octanol–water partition coefficient (Wildman–Crippen LogP) is -4.79. The van der Waals surface area contributed by atoms with Gasteiger partial charge in [-0.25, -0.2) is 0 Å². The SMILES string of the molecule is NCC(=O)N[C@@H](CCC(N)=O)C(=O)N[C@@H](CC(=O)O)C(=O)N[C@@H](CCC(=O)O)C(=O)NCC(=O)O. The Hall–Kier alpha value is -4.28. The molecule has 0 aliphatic heterocycles. The number of carbonyl (C=O) groups excluding carboxylic acids is 5. The Morgan fingerprint density at radius 1 is 0.657 bits per heavy atom. The molecule has 0 rings (SSSR count). The van der Waals surface area contributed by atoms with Crippen LogP contribution in [-0.2, 0) is 38.4 Å². The number of primary amides is 1. The lowest BCUT2D eigenvalue weighted by molar-refractivity contribution is -0.142. The molecule has 3 atom stereocenters. The van der Waals surface area contributed by atoms with Crippen LogP contribution in [-0.4, -0.2) is 94.0 Å². The molecule has 0 aromatic carbocycles. The lowest BCUT2D eigenvalue weighted by atomic mass is 10.1. The highest BCUT2D eigenvalue weighted by molar-refractivity contribution is 5.96. The molecule has 0 saturated carbocycles. The first-order chi connectivity index (χ1) is 16.3. The molecule has 0 aliphatic rings. The average Bonchev–Trinajstić information content (AvgIpc) is 2.75. The van der Waals surface area contributed by atoms with Crippen LogP contribution in [0.15, 0.2) is 0 Å². The van der Waals surface area contributed by atoms with Gasteiger partial charge in [0.1, 0.15) is 24.7 Å². The van der Waals surface area contributed by atoms with Gasteiger partial charge in [0.15, 0.2) is 0 Å². The molecule has 17 nitrogen and oxygen atoms in total. The fourth-order valence-corrected chi connectivity index (χ4v) is 2.56. The summed E-state index contributed by atoms with van der Waals surface area (Å²) in [5.41, 5.74) is 10.2. The summed E-state index contributed by atoms with van der Waals surface area (Å²) >= 11 is 0. The Balaban J connectivity index is 5.62. The minimum Gasteiger partial charge on any atom is -0.481 e. The van der Waals surface area contributed by atoms with Crippen molar-refractivity contribution in [3.05, 3.63) is 0 Å². The highest BCUT2D eigenvalue weighted by atomic mass is 16.4. The monoisotopic (exact) mass is 504 g/mol. The average molecular weight is 504 g/mol. The van der Waals surface area contributed by atoms with Crippen molar-refractivity contribution in [1.82, 2.24) is 21.3 Å². The normalized spacial score (nSPS) is 12.8. The van der Waals surface area contributed by atoms with Gasteiger partial charge in [0, 0.05) is 12.8 Å². The summed E-state index contributed by atoms with van der Waals surface area (Å²) in [6.07, 6.45) is -2.71. The van der Waals surface area contributed by atoms with Gasteiger partial charge in [-0.2, -0.15) is 0 Å². The third-order valence-electron chi connectivity index (χ3n) is 4.22. The van der Waals surface area contributed by atoms with Gasteiger partial charge >= 0.3 is 17.9 Å². The first-order valence-electron chi connectivity index (χ1n) is 10.1. The fraction of sp³-hybridized carbons (Fsp3) is 0.556. The molecule has 0 saturated heterocycles. The maximum Gasteiger partial charge on any atom is 0.322 e. The van der Waals surface area contributed by atoms with E-state index >= 15 is 0 Å². The molecular formula is C18H28N6O11. The molecule has 0 bridgehead atoms. The van der Waals surface area contributed by atoms with Gasteiger partial charge in [0.25, 0.3) is 0 Å². The number of aliphatic carboxylic acids is 3. The molecule has 0 aromatic heterocycles. The largest absolute Gasteiger partial charge is 0.481 e. The van der Waals surface area contributed by atoms with Crippen LogP contribution in [0.4, 0.5) is 0 Å². The van der Waals surface area contributed by atoms with E-state index in [1.807, 2.05) is 5.32 Å². The lowest BCUT2D eigenvalue weighted by Gasteiger charge is -2.24. The number of carbonyl (C=O) groups is 8. The van der Waals surface area contributed by atoms with Crippen LogP contribution in [0.3, 0.4) is 0 Å². The van der Waals surface area contributed by atoms with Crippen LogP contribution in [0.2, 0.25) is 0 Å². The maximum absolute atomic E-state index is 12.7. The van der Waals surface area contributed by atoms with Crippen LogP contribution in [0, 0.1) is 0 Å². The van der Waals surface area contributed by atoms with Gasteiger partial charge in [-0.1, -0.05) is 0 Å². The van der Waals surface area contributed by atoms with Crippen LogP contribution >= 0.6 is 0 Å². The van der Waals surface area contributed by atoms with E-state index in [9.17, 15) is 38.4 Å². The minimum atomic E-state index is -1.80. The topological polar surface area (TPSA) is 297 Å². The fourth-order valence-electron chi connectivity index (χ4n) is 2.56. The molecule has 11 N–H and O–H groups in total. The number of carboxylic acids is 3. The van der Waals surface area contributed by atoms with Gasteiger partial charge in [0.05, 0.1) is 13.0 Å². The van der Waals surface area contributed by atoms with Crippen molar-refractivity contribution in [3.63, 3.8) is 0 Å². The molecule has 0 spiro atoms. The predicted molar refractivity (Wildman–Crippen MR) is 113 cm³/mol. The zero-order chi connectivity index (χ0) is 27.1. The number of amides is 5. The summed E-state index contributed by atoms with van der Waals surface area (Å²) in [6.45, 7) is -1.36. The van der Waals surface area contributed by atoms with Crippen LogP contribution < -0.4 is 32.7 Å². The van der Waals surface area contributed by atoms with E-state index in [1.165, 1.54) is 0 Å². The van der Waals surface area contributed by atoms with E-state index in [0.717, 1.165) is 0 Å². The van der Waals surface area contributed by atoms with Crippen LogP contribution in [0.25, 0.3) is 0 Å². The lowest BCUT2D eigenvalue weighted by Crippen LogP contribution is -2.57. The summed E-state index contributed by atoms with van der Waals surface area (Å²) in [6, 6.07) is -4.79. The van der Waals surface area contributed by atoms with Gasteiger partial charge in [0.2, 0.25) is 29.5 Å². The van der Waals surface area contributed by atoms with Crippen molar-refractivity contribution >= 4 is 47.4 Å². The van der Waals surface area contributed by atoms with Crippen molar-refractivity contribution < 1.29 is 53.7 Å². The van der Waals surface area contributed by atoms with Crippen LogP contribution in [0.5, 0.6) is 0 Å². The standard InChI is InChI=1S/C18H28N6O11/c19-6-12(26)22-9(1-3-11(20)25)17(34)24-10(5-14(29)30)18(35)23-8(2-4-13(27)28)16(33)21-7-15(31)32/h8-10H,1-7,19H2,(H2,20,25)(H,21,33)(H,22,26)(H,23,35)(H,24,34)(H,27,28)(H,29,30)(H,31,32)/t8-,9-,10-/m0/s1. The highest BCUT2D eigenvalue weighted by Crippen LogP contribution is 2.04. The number of nitrogens with one attached hydrogen (secondary N) is 4. The zero-order valence-corrected chi connectivity index (χ0v) is 18.4. The Labute approximate surface area is 197 Å². The summed E-state index contributed by atoms with van der Waals surface area (Å²) in [5.74, 6) is -9.22. The minimum absolute atomic E-state index is 0.298. The van der Waals surface area contributed by atoms with Crippen molar-refractivity contribution in [2.45, 2.75) is 50.2 Å². The number of nitrogens with two attached hydrogens (primary N) is 2. The molecule has 196 valence electrons. The first-order valence-corrected chi connectivity index (χ1v) is 10.1. The van der Waals surface area contributed by atoms with Crippen molar-refractivity contribution in [2.24, 2.45) is 11.5 Å².